The SMILES string of the molecule is CC(=O)Nc1ccc(C(=O)NCCSC2CCOCC2)cc1. The molecule has 2 N–H and O–H groups in total. The van der Waals surface area contributed by atoms with Crippen molar-refractivity contribution in [1.82, 2.24) is 5.32 Å². The van der Waals surface area contributed by atoms with Gasteiger partial charge >= 0.3 is 0 Å². The Morgan fingerprint density at radius 2 is 1.91 bits per heavy atom. The second-order valence-electron chi connectivity index (χ2n) is 5.20. The number of anilines is 1. The van der Waals surface area contributed by atoms with Crippen molar-refractivity contribution >= 4 is 29.3 Å². The third kappa shape index (κ3) is 5.69. The summed E-state index contributed by atoms with van der Waals surface area (Å²) in [6.07, 6.45) is 2.20. The maximum Gasteiger partial charge on any atom is 0.251 e. The molecule has 1 heterocycles. The smallest absolute Gasteiger partial charge is 0.251 e. The van der Waals surface area contributed by atoms with Crippen molar-refractivity contribution < 1.29 is 14.3 Å². The largest absolute Gasteiger partial charge is 0.381 e. The van der Waals surface area contributed by atoms with Crippen molar-refractivity contribution in [2.24, 2.45) is 0 Å². The summed E-state index contributed by atoms with van der Waals surface area (Å²) >= 11 is 1.90. The average Bonchev–Trinajstić information content (AvgIpc) is 2.52. The van der Waals surface area contributed by atoms with E-state index in [-0.39, 0.29) is 11.8 Å². The van der Waals surface area contributed by atoms with Crippen molar-refractivity contribution in [3.63, 3.8) is 0 Å². The van der Waals surface area contributed by atoms with Crippen LogP contribution in [0.5, 0.6) is 0 Å². The molecule has 22 heavy (non-hydrogen) atoms. The lowest BCUT2D eigenvalue weighted by molar-refractivity contribution is -0.114. The van der Waals surface area contributed by atoms with Crippen molar-refractivity contribution in [2.75, 3.05) is 30.8 Å². The molecular weight excluding hydrogens is 300 g/mol. The first kappa shape index (κ1) is 16.8. The predicted octanol–water partition coefficient (Wildman–Crippen LogP) is 2.29. The molecule has 1 saturated heterocycles. The lowest BCUT2D eigenvalue weighted by atomic mass is 10.2. The quantitative estimate of drug-likeness (QED) is 0.789. The van der Waals surface area contributed by atoms with Gasteiger partial charge in [0.05, 0.1) is 0 Å². The van der Waals surface area contributed by atoms with E-state index in [0.717, 1.165) is 31.8 Å². The summed E-state index contributed by atoms with van der Waals surface area (Å²) in [6.45, 7) is 3.82. The summed E-state index contributed by atoms with van der Waals surface area (Å²) in [5, 5.41) is 6.25. The summed E-state index contributed by atoms with van der Waals surface area (Å²) in [7, 11) is 0. The van der Waals surface area contributed by atoms with Crippen molar-refractivity contribution in [1.29, 1.82) is 0 Å². The van der Waals surface area contributed by atoms with Crippen LogP contribution in [0.25, 0.3) is 0 Å². The molecule has 1 aliphatic heterocycles. The monoisotopic (exact) mass is 322 g/mol. The predicted molar refractivity (Wildman–Crippen MR) is 89.4 cm³/mol. The number of rotatable bonds is 6. The van der Waals surface area contributed by atoms with E-state index in [2.05, 4.69) is 10.6 Å². The maximum absolute atomic E-state index is 12.0. The highest BCUT2D eigenvalue weighted by molar-refractivity contribution is 7.99. The van der Waals surface area contributed by atoms with Gasteiger partial charge in [0.2, 0.25) is 5.91 Å². The van der Waals surface area contributed by atoms with Gasteiger partial charge in [0, 0.05) is 48.9 Å². The lowest BCUT2D eigenvalue weighted by Gasteiger charge is -2.21. The minimum atomic E-state index is -0.123. The Labute approximate surface area is 135 Å². The molecule has 1 aromatic carbocycles. The molecule has 0 bridgehead atoms. The van der Waals surface area contributed by atoms with Crippen molar-refractivity contribution in [3.8, 4) is 0 Å². The van der Waals surface area contributed by atoms with Gasteiger partial charge in [-0.15, -0.1) is 0 Å². The van der Waals surface area contributed by atoms with Crippen LogP contribution < -0.4 is 10.6 Å². The van der Waals surface area contributed by atoms with Crippen LogP contribution in [0.4, 0.5) is 5.69 Å². The number of hydrogen-bond donors (Lipinski definition) is 2. The molecule has 1 aromatic rings. The molecule has 0 spiro atoms. The van der Waals surface area contributed by atoms with Crippen LogP contribution in [-0.4, -0.2) is 42.6 Å². The normalized spacial score (nSPS) is 15.3. The van der Waals surface area contributed by atoms with Crippen LogP contribution in [0.3, 0.4) is 0 Å². The van der Waals surface area contributed by atoms with Gasteiger partial charge in [-0.2, -0.15) is 11.8 Å². The van der Waals surface area contributed by atoms with Gasteiger partial charge in [-0.3, -0.25) is 9.59 Å². The van der Waals surface area contributed by atoms with Crippen LogP contribution in [0, 0.1) is 0 Å². The Bertz CT molecular complexity index is 499. The van der Waals surface area contributed by atoms with E-state index in [9.17, 15) is 9.59 Å². The number of carbonyl (C=O) groups is 2. The number of hydrogen-bond acceptors (Lipinski definition) is 4. The fourth-order valence-electron chi connectivity index (χ4n) is 2.24. The van der Waals surface area contributed by atoms with Gasteiger partial charge in [-0.05, 0) is 37.1 Å². The van der Waals surface area contributed by atoms with Gasteiger partial charge in [0.15, 0.2) is 0 Å². The van der Waals surface area contributed by atoms with Crippen molar-refractivity contribution in [3.05, 3.63) is 29.8 Å². The number of amides is 2. The second kappa shape index (κ2) is 8.80. The van der Waals surface area contributed by atoms with Crippen LogP contribution in [0.15, 0.2) is 24.3 Å². The van der Waals surface area contributed by atoms with E-state index >= 15 is 0 Å². The van der Waals surface area contributed by atoms with Crippen molar-refractivity contribution in [2.45, 2.75) is 25.0 Å². The Balaban J connectivity index is 1.69. The van der Waals surface area contributed by atoms with Crippen LogP contribution in [0.2, 0.25) is 0 Å². The number of nitrogens with one attached hydrogen (secondary N) is 2. The fourth-order valence-corrected chi connectivity index (χ4v) is 3.32. The van der Waals surface area contributed by atoms with Gasteiger partial charge in [0.1, 0.15) is 0 Å². The first-order valence-corrected chi connectivity index (χ1v) is 8.55. The van der Waals surface area contributed by atoms with Crippen LogP contribution in [0.1, 0.15) is 30.1 Å². The molecule has 2 amide bonds. The molecule has 0 unspecified atom stereocenters. The highest BCUT2D eigenvalue weighted by atomic mass is 32.2. The summed E-state index contributed by atoms with van der Waals surface area (Å²) < 4.78 is 5.33. The fraction of sp³-hybridized carbons (Fsp3) is 0.500. The summed E-state index contributed by atoms with van der Waals surface area (Å²) in [6, 6.07) is 6.89. The minimum Gasteiger partial charge on any atom is -0.381 e. The molecule has 0 saturated carbocycles. The molecule has 6 heteroatoms. The molecule has 0 aliphatic carbocycles. The highest BCUT2D eigenvalue weighted by Crippen LogP contribution is 2.21. The lowest BCUT2D eigenvalue weighted by Crippen LogP contribution is -2.27. The second-order valence-corrected chi connectivity index (χ2v) is 6.61. The molecule has 2 rings (SSSR count). The molecule has 0 aromatic heterocycles. The number of ether oxygens (including phenoxy) is 1. The zero-order valence-corrected chi connectivity index (χ0v) is 13.6. The van der Waals surface area contributed by atoms with E-state index in [1.54, 1.807) is 24.3 Å². The maximum atomic E-state index is 12.0. The molecule has 1 fully saturated rings. The van der Waals surface area contributed by atoms with Gasteiger partial charge in [-0.25, -0.2) is 0 Å². The van der Waals surface area contributed by atoms with E-state index in [1.165, 1.54) is 6.92 Å². The first-order chi connectivity index (χ1) is 10.6. The van der Waals surface area contributed by atoms with E-state index in [4.69, 9.17) is 4.74 Å². The summed E-state index contributed by atoms with van der Waals surface area (Å²) in [5.41, 5.74) is 1.30. The Kier molecular flexibility index (Phi) is 6.74. The third-order valence-corrected chi connectivity index (χ3v) is 4.76. The minimum absolute atomic E-state index is 0.0815. The van der Waals surface area contributed by atoms with E-state index in [1.807, 2.05) is 11.8 Å². The standard InChI is InChI=1S/C16H22N2O3S/c1-12(19)18-14-4-2-13(3-5-14)16(20)17-8-11-22-15-6-9-21-10-7-15/h2-5,15H,6-11H2,1H3,(H,17,20)(H,18,19). The van der Waals surface area contributed by atoms with E-state index < -0.39 is 0 Å². The topological polar surface area (TPSA) is 67.4 Å². The summed E-state index contributed by atoms with van der Waals surface area (Å²) in [5.74, 6) is 0.713. The number of carbonyl (C=O) groups excluding carboxylic acids is 2. The summed E-state index contributed by atoms with van der Waals surface area (Å²) in [4.78, 5) is 22.9. The zero-order chi connectivity index (χ0) is 15.8. The van der Waals surface area contributed by atoms with Gasteiger partial charge in [-0.1, -0.05) is 0 Å². The molecule has 5 nitrogen and oxygen atoms in total. The number of thioether (sulfide) groups is 1. The first-order valence-electron chi connectivity index (χ1n) is 7.50. The Morgan fingerprint density at radius 3 is 2.55 bits per heavy atom. The van der Waals surface area contributed by atoms with Gasteiger partial charge in [0.25, 0.3) is 5.91 Å². The number of benzene rings is 1. The molecule has 120 valence electrons. The van der Waals surface area contributed by atoms with Gasteiger partial charge < -0.3 is 15.4 Å². The average molecular weight is 322 g/mol. The van der Waals surface area contributed by atoms with Crippen LogP contribution in [-0.2, 0) is 9.53 Å². The third-order valence-electron chi connectivity index (χ3n) is 3.38. The molecule has 0 atom stereocenters. The Morgan fingerprint density at radius 1 is 1.23 bits per heavy atom. The highest BCUT2D eigenvalue weighted by Gasteiger charge is 2.13. The van der Waals surface area contributed by atoms with E-state index in [0.29, 0.717) is 23.0 Å². The zero-order valence-electron chi connectivity index (χ0n) is 12.8. The molecule has 1 aliphatic rings. The van der Waals surface area contributed by atoms with Crippen LogP contribution >= 0.6 is 11.8 Å². The molecule has 0 radical (unpaired) electrons. The Hall–Kier alpha value is -1.53. The molecular formula is C16H22N2O3S.